The summed E-state index contributed by atoms with van der Waals surface area (Å²) in [7, 11) is 0. The molecule has 2 atom stereocenters. The molecule has 1 fully saturated rings. The lowest BCUT2D eigenvalue weighted by atomic mass is 9.82. The minimum absolute atomic E-state index is 0.328. The molecule has 1 aliphatic carbocycles. The molecule has 0 bridgehead atoms. The smallest absolute Gasteiger partial charge is 0.213 e. The highest BCUT2D eigenvalue weighted by molar-refractivity contribution is 5.16. The largest absolute Gasteiger partial charge is 0.474 e. The van der Waals surface area contributed by atoms with Crippen LogP contribution in [0.25, 0.3) is 0 Å². The van der Waals surface area contributed by atoms with Gasteiger partial charge in [0.2, 0.25) is 5.88 Å². The van der Waals surface area contributed by atoms with Gasteiger partial charge in [0.1, 0.15) is 6.10 Å². The third-order valence-corrected chi connectivity index (χ3v) is 3.90. The van der Waals surface area contributed by atoms with Crippen LogP contribution < -0.4 is 10.1 Å². The molecule has 0 spiro atoms. The monoisotopic (exact) mass is 276 g/mol. The Morgan fingerprint density at radius 1 is 1.20 bits per heavy atom. The second kappa shape index (κ2) is 7.07. The zero-order chi connectivity index (χ0) is 14.5. The van der Waals surface area contributed by atoms with Gasteiger partial charge in [-0.15, -0.1) is 0 Å². The van der Waals surface area contributed by atoms with Crippen LogP contribution >= 0.6 is 0 Å². The zero-order valence-electron chi connectivity index (χ0n) is 13.2. The van der Waals surface area contributed by atoms with Crippen LogP contribution in [0.2, 0.25) is 0 Å². The highest BCUT2D eigenvalue weighted by Crippen LogP contribution is 2.30. The van der Waals surface area contributed by atoms with Crippen molar-refractivity contribution in [2.24, 2.45) is 11.8 Å². The van der Waals surface area contributed by atoms with Crippen molar-refractivity contribution in [2.75, 3.05) is 0 Å². The summed E-state index contributed by atoms with van der Waals surface area (Å²) in [5.41, 5.74) is 1.05. The molecule has 1 aromatic heterocycles. The molecular weight excluding hydrogens is 248 g/mol. The first-order valence-corrected chi connectivity index (χ1v) is 7.89. The summed E-state index contributed by atoms with van der Waals surface area (Å²) in [6.07, 6.45) is 3.96. The summed E-state index contributed by atoms with van der Waals surface area (Å²) in [5, 5.41) is 3.39. The average molecular weight is 276 g/mol. The summed E-state index contributed by atoms with van der Waals surface area (Å²) in [6, 6.07) is 6.54. The number of nitrogens with one attached hydrogen (secondary N) is 1. The molecule has 2 rings (SSSR count). The fourth-order valence-corrected chi connectivity index (χ4v) is 3.07. The predicted molar refractivity (Wildman–Crippen MR) is 82.8 cm³/mol. The molecule has 2 unspecified atom stereocenters. The molecule has 0 amide bonds. The van der Waals surface area contributed by atoms with Crippen molar-refractivity contribution in [3.05, 3.63) is 23.9 Å². The summed E-state index contributed by atoms with van der Waals surface area (Å²) in [6.45, 7) is 9.73. The van der Waals surface area contributed by atoms with E-state index in [2.05, 4.69) is 38.0 Å². The maximum atomic E-state index is 6.10. The van der Waals surface area contributed by atoms with Gasteiger partial charge < -0.3 is 10.1 Å². The summed E-state index contributed by atoms with van der Waals surface area (Å²) in [5.74, 6) is 2.29. The second-order valence-electron chi connectivity index (χ2n) is 6.66. The molecule has 0 aliphatic heterocycles. The highest BCUT2D eigenvalue weighted by Gasteiger charge is 2.25. The molecule has 1 saturated carbocycles. The number of ether oxygens (including phenoxy) is 1. The lowest BCUT2D eigenvalue weighted by molar-refractivity contribution is 0.0965. The van der Waals surface area contributed by atoms with Gasteiger partial charge >= 0.3 is 0 Å². The van der Waals surface area contributed by atoms with Gasteiger partial charge in [0.25, 0.3) is 0 Å². The van der Waals surface area contributed by atoms with Gasteiger partial charge in [0, 0.05) is 18.7 Å². The van der Waals surface area contributed by atoms with Crippen molar-refractivity contribution >= 4 is 0 Å². The van der Waals surface area contributed by atoms with E-state index in [1.807, 2.05) is 18.2 Å². The first kappa shape index (κ1) is 15.3. The molecule has 1 aliphatic rings. The first-order valence-electron chi connectivity index (χ1n) is 7.89. The van der Waals surface area contributed by atoms with Gasteiger partial charge in [-0.05, 0) is 37.2 Å². The Bertz CT molecular complexity index is 409. The predicted octanol–water partition coefficient (Wildman–Crippen LogP) is 3.78. The third kappa shape index (κ3) is 4.78. The first-order chi connectivity index (χ1) is 9.52. The van der Waals surface area contributed by atoms with Gasteiger partial charge in [-0.25, -0.2) is 4.98 Å². The Morgan fingerprint density at radius 2 is 1.90 bits per heavy atom. The second-order valence-corrected chi connectivity index (χ2v) is 6.66. The molecule has 0 aromatic carbocycles. The van der Waals surface area contributed by atoms with Gasteiger partial charge in [0.15, 0.2) is 0 Å². The number of hydrogen-bond donors (Lipinski definition) is 1. The molecule has 1 aromatic rings. The van der Waals surface area contributed by atoms with E-state index in [1.165, 1.54) is 6.42 Å². The Kier molecular flexibility index (Phi) is 5.41. The Labute approximate surface area is 123 Å². The van der Waals surface area contributed by atoms with E-state index < -0.39 is 0 Å². The van der Waals surface area contributed by atoms with E-state index in [-0.39, 0.29) is 0 Å². The van der Waals surface area contributed by atoms with Crippen LogP contribution in [0.4, 0.5) is 0 Å². The van der Waals surface area contributed by atoms with Gasteiger partial charge in [-0.1, -0.05) is 33.8 Å². The Balaban J connectivity index is 1.93. The molecular formula is C17H28N2O. The van der Waals surface area contributed by atoms with E-state index in [9.17, 15) is 0 Å². The number of aromatic nitrogens is 1. The minimum atomic E-state index is 0.328. The van der Waals surface area contributed by atoms with Crippen LogP contribution in [0.3, 0.4) is 0 Å². The van der Waals surface area contributed by atoms with E-state index >= 15 is 0 Å². The molecule has 3 heteroatoms. The molecule has 3 nitrogen and oxygen atoms in total. The quantitative estimate of drug-likeness (QED) is 0.888. The summed E-state index contributed by atoms with van der Waals surface area (Å²) >= 11 is 0. The van der Waals surface area contributed by atoms with E-state index in [0.29, 0.717) is 12.1 Å². The van der Waals surface area contributed by atoms with E-state index in [1.54, 1.807) is 0 Å². The standard InChI is InChI=1S/C17H28N2O/c1-12(2)18-11-15-6-5-7-17(19-15)20-16-9-13(3)8-14(4)10-16/h5-7,12-14,16,18H,8-11H2,1-4H3. The minimum Gasteiger partial charge on any atom is -0.474 e. The van der Waals surface area contributed by atoms with Crippen LogP contribution in [0, 0.1) is 11.8 Å². The topological polar surface area (TPSA) is 34.1 Å². The normalized spacial score (nSPS) is 26.8. The summed E-state index contributed by atoms with van der Waals surface area (Å²) < 4.78 is 6.10. The lowest BCUT2D eigenvalue weighted by Gasteiger charge is -2.31. The number of rotatable bonds is 5. The van der Waals surface area contributed by atoms with Crippen molar-refractivity contribution < 1.29 is 4.74 Å². The van der Waals surface area contributed by atoms with E-state index in [4.69, 9.17) is 4.74 Å². The summed E-state index contributed by atoms with van der Waals surface area (Å²) in [4.78, 5) is 4.60. The fourth-order valence-electron chi connectivity index (χ4n) is 3.07. The van der Waals surface area contributed by atoms with Crippen LogP contribution in [-0.4, -0.2) is 17.1 Å². The van der Waals surface area contributed by atoms with Crippen molar-refractivity contribution in [1.82, 2.24) is 10.3 Å². The van der Waals surface area contributed by atoms with Crippen molar-refractivity contribution in [3.63, 3.8) is 0 Å². The van der Waals surface area contributed by atoms with Gasteiger partial charge in [0.05, 0.1) is 5.69 Å². The number of nitrogens with zero attached hydrogens (tertiary/aromatic N) is 1. The van der Waals surface area contributed by atoms with Crippen LogP contribution in [0.1, 0.15) is 52.7 Å². The molecule has 0 radical (unpaired) electrons. The van der Waals surface area contributed by atoms with Crippen LogP contribution in [-0.2, 0) is 6.54 Å². The SMILES string of the molecule is CC1CC(C)CC(Oc2cccc(CNC(C)C)n2)C1. The fraction of sp³-hybridized carbons (Fsp3) is 0.706. The van der Waals surface area contributed by atoms with Crippen LogP contribution in [0.15, 0.2) is 18.2 Å². The molecule has 1 N–H and O–H groups in total. The van der Waals surface area contributed by atoms with E-state index in [0.717, 1.165) is 42.8 Å². The number of hydrogen-bond acceptors (Lipinski definition) is 3. The number of pyridine rings is 1. The lowest BCUT2D eigenvalue weighted by Crippen LogP contribution is -2.29. The molecule has 20 heavy (non-hydrogen) atoms. The average Bonchev–Trinajstić information content (AvgIpc) is 2.35. The maximum absolute atomic E-state index is 6.10. The Morgan fingerprint density at radius 3 is 2.55 bits per heavy atom. The zero-order valence-corrected chi connectivity index (χ0v) is 13.2. The van der Waals surface area contributed by atoms with Crippen LogP contribution in [0.5, 0.6) is 5.88 Å². The molecule has 0 saturated heterocycles. The van der Waals surface area contributed by atoms with Crippen molar-refractivity contribution in [1.29, 1.82) is 0 Å². The highest BCUT2D eigenvalue weighted by atomic mass is 16.5. The molecule has 1 heterocycles. The van der Waals surface area contributed by atoms with Gasteiger partial charge in [-0.2, -0.15) is 0 Å². The van der Waals surface area contributed by atoms with Gasteiger partial charge in [-0.3, -0.25) is 0 Å². The third-order valence-electron chi connectivity index (χ3n) is 3.90. The maximum Gasteiger partial charge on any atom is 0.213 e. The Hall–Kier alpha value is -1.09. The van der Waals surface area contributed by atoms with Crippen molar-refractivity contribution in [2.45, 2.75) is 65.6 Å². The van der Waals surface area contributed by atoms with Crippen molar-refractivity contribution in [3.8, 4) is 5.88 Å². The molecule has 112 valence electrons.